The quantitative estimate of drug-likeness (QED) is 0.168. The van der Waals surface area contributed by atoms with Gasteiger partial charge in [0.1, 0.15) is 16.8 Å². The number of hydrogen-bond acceptors (Lipinski definition) is 6. The van der Waals surface area contributed by atoms with Crippen molar-refractivity contribution < 1.29 is 45.5 Å². The van der Waals surface area contributed by atoms with E-state index in [1.165, 1.54) is 0 Å². The van der Waals surface area contributed by atoms with Gasteiger partial charge in [0.25, 0.3) is 0 Å². The van der Waals surface area contributed by atoms with E-state index in [9.17, 15) is 8.22 Å². The smallest absolute Gasteiger partial charge is 0.238 e. The van der Waals surface area contributed by atoms with Gasteiger partial charge in [-0.1, -0.05) is 163 Å². The predicted octanol–water partition coefficient (Wildman–Crippen LogP) is 12.0. The average Bonchev–Trinajstić information content (AvgIpc) is 1.56. The van der Waals surface area contributed by atoms with Crippen LogP contribution in [0.3, 0.4) is 0 Å². The summed E-state index contributed by atoms with van der Waals surface area (Å²) >= 11 is 0. The van der Waals surface area contributed by atoms with Gasteiger partial charge in [0.2, 0.25) is 5.95 Å². The first kappa shape index (κ1) is 13.8. The number of benzene rings is 7. The van der Waals surface area contributed by atoms with Gasteiger partial charge in [0.15, 0.2) is 23.1 Å². The summed E-state index contributed by atoms with van der Waals surface area (Å²) in [4.78, 5) is 22.1. The maximum Gasteiger partial charge on any atom is 0.238 e. The molecule has 0 fully saturated rings. The van der Waals surface area contributed by atoms with Crippen LogP contribution in [-0.4, -0.2) is 29.5 Å². The van der Waals surface area contributed by atoms with Gasteiger partial charge in [-0.05, 0) is 23.2 Å². The molecule has 7 heteroatoms. The van der Waals surface area contributed by atoms with Crippen molar-refractivity contribution in [3.63, 3.8) is 0 Å². The lowest BCUT2D eigenvalue weighted by Crippen LogP contribution is -2.06. The minimum absolute atomic E-state index is 0.535. The summed E-state index contributed by atoms with van der Waals surface area (Å²) in [5, 5.41) is -1.68. The van der Waals surface area contributed by atoms with Gasteiger partial charge in [-0.25, -0.2) is 15.0 Å². The Kier molecular flexibility index (Phi) is 3.20. The van der Waals surface area contributed by atoms with Crippen LogP contribution in [-0.2, 0) is 0 Å². The third-order valence-corrected chi connectivity index (χ3v) is 8.22. The van der Waals surface area contributed by atoms with Gasteiger partial charge in [-0.15, -0.1) is 0 Å². The van der Waals surface area contributed by atoms with Crippen molar-refractivity contribution in [2.75, 3.05) is 0 Å². The van der Waals surface area contributed by atoms with Crippen molar-refractivity contribution in [3.05, 3.63) is 181 Å². The largest absolute Gasteiger partial charge is 0.452 e. The Hall–Kier alpha value is -7.77. The fourth-order valence-electron chi connectivity index (χ4n) is 5.84. The molecule has 0 bridgehead atoms. The van der Waals surface area contributed by atoms with Crippen LogP contribution in [0.5, 0.6) is 0 Å². The summed E-state index contributed by atoms with van der Waals surface area (Å²) < 4.78 is 271. The SMILES string of the molecule is [2H]c1c([2H])c([2H])c(-c2nc(-c3c([2H])c([2H])c(-c4c([2H])c([2H])c([2H])c([2H])c4[2H])c([2H])c3[2H])nc(-n3c4c([2H])c([2H])c([2H])c([2H])c4c4c([2H])c5c(oc6c(-c7c([2H])c([2H])c([2H])c([2H])c7[2H])nc(-c7c([2H])c([2H])c([2H])c([2H])c7[2H])nc65)c([2H])c43)n2)c([2H])c1[2H]. The Bertz CT molecular complexity index is 4880. The van der Waals surface area contributed by atoms with Crippen LogP contribution in [0.25, 0.3) is 106 Å². The second-order valence-electron chi connectivity index (χ2n) is 11.4. The van der Waals surface area contributed by atoms with Crippen molar-refractivity contribution in [1.82, 2.24) is 29.5 Å². The molecule has 0 spiro atoms. The highest BCUT2D eigenvalue weighted by molar-refractivity contribution is 6.17. The lowest BCUT2D eigenvalue weighted by Gasteiger charge is -2.11. The molecule has 0 atom stereocenters. The number of rotatable bonds is 6. The Morgan fingerprint density at radius 3 is 1.54 bits per heavy atom. The van der Waals surface area contributed by atoms with E-state index < -0.39 is 288 Å². The highest BCUT2D eigenvalue weighted by atomic mass is 16.3. The monoisotopic (exact) mass is 748 g/mol. The van der Waals surface area contributed by atoms with Crippen LogP contribution in [0.15, 0.2) is 186 Å². The molecule has 262 valence electrons. The van der Waals surface area contributed by atoms with Crippen molar-refractivity contribution >= 4 is 43.9 Å². The van der Waals surface area contributed by atoms with Crippen molar-refractivity contribution in [2.45, 2.75) is 0 Å². The summed E-state index contributed by atoms with van der Waals surface area (Å²) in [6, 6.07) is -27.5. The van der Waals surface area contributed by atoms with Gasteiger partial charge >= 0.3 is 0 Å². The first-order valence-corrected chi connectivity index (χ1v) is 16.1. The molecule has 0 saturated carbocycles. The van der Waals surface area contributed by atoms with E-state index >= 15 is 0 Å². The summed E-state index contributed by atoms with van der Waals surface area (Å²) in [7, 11) is 0. The van der Waals surface area contributed by atoms with E-state index in [4.69, 9.17) is 37.3 Å². The molecule has 4 heterocycles. The third-order valence-electron chi connectivity index (χ3n) is 8.22. The van der Waals surface area contributed by atoms with Crippen LogP contribution >= 0.6 is 0 Å². The molecular weight excluding hydrogens is 689 g/mol. The van der Waals surface area contributed by atoms with E-state index in [0.717, 1.165) is 4.57 Å². The Balaban J connectivity index is 1.34. The number of fused-ring (bicyclic) bond motifs is 6. The second-order valence-corrected chi connectivity index (χ2v) is 11.4. The van der Waals surface area contributed by atoms with Gasteiger partial charge < -0.3 is 4.42 Å². The van der Waals surface area contributed by atoms with E-state index in [0.29, 0.717) is 0 Å². The molecular formula is C49H30N6O. The summed E-state index contributed by atoms with van der Waals surface area (Å²) in [5.74, 6) is -3.51. The fraction of sp³-hybridized carbons (Fsp3) is 0. The number of hydrogen-bond donors (Lipinski definition) is 0. The lowest BCUT2D eigenvalue weighted by atomic mass is 10.0. The minimum Gasteiger partial charge on any atom is -0.452 e. The molecule has 0 aliphatic carbocycles. The Labute approximate surface area is 363 Å². The molecule has 0 N–H and O–H groups in total. The van der Waals surface area contributed by atoms with Gasteiger partial charge in [-0.2, -0.15) is 9.97 Å². The molecule has 7 nitrogen and oxygen atoms in total. The summed E-state index contributed by atoms with van der Waals surface area (Å²) in [6.45, 7) is 0. The molecule has 7 aromatic carbocycles. The average molecular weight is 749 g/mol. The first-order valence-electron chi connectivity index (χ1n) is 31.1. The third kappa shape index (κ3) is 5.33. The molecule has 0 saturated heterocycles. The molecule has 11 rings (SSSR count). The highest BCUT2D eigenvalue weighted by Gasteiger charge is 2.23. The van der Waals surface area contributed by atoms with Crippen molar-refractivity contribution in [1.29, 1.82) is 0 Å². The van der Waals surface area contributed by atoms with E-state index in [-0.39, 0.29) is 0 Å². The van der Waals surface area contributed by atoms with Gasteiger partial charge in [0, 0.05) is 44.5 Å². The van der Waals surface area contributed by atoms with Gasteiger partial charge in [0.05, 0.1) is 52.2 Å². The molecule has 11 aromatic rings. The fourth-order valence-corrected chi connectivity index (χ4v) is 5.84. The maximum absolute atomic E-state index is 10.0. The van der Waals surface area contributed by atoms with E-state index in [1.54, 1.807) is 0 Å². The van der Waals surface area contributed by atoms with Crippen LogP contribution in [0, 0.1) is 0 Å². The van der Waals surface area contributed by atoms with Crippen LogP contribution in [0.4, 0.5) is 0 Å². The Morgan fingerprint density at radius 2 is 0.893 bits per heavy atom. The van der Waals surface area contributed by atoms with E-state index in [1.807, 2.05) is 0 Å². The molecule has 0 aliphatic heterocycles. The first-order chi connectivity index (χ1) is 40.2. The lowest BCUT2D eigenvalue weighted by molar-refractivity contribution is 0.667. The number of aromatic nitrogens is 6. The zero-order valence-electron chi connectivity index (χ0n) is 57.6. The zero-order chi connectivity index (χ0) is 63.1. The molecule has 0 unspecified atom stereocenters. The maximum atomic E-state index is 10.0. The van der Waals surface area contributed by atoms with Crippen molar-refractivity contribution in [3.8, 4) is 62.5 Å². The highest BCUT2D eigenvalue weighted by Crippen LogP contribution is 2.40. The summed E-state index contributed by atoms with van der Waals surface area (Å²) in [5.41, 5.74) is -8.48. The van der Waals surface area contributed by atoms with Crippen molar-refractivity contribution in [2.24, 2.45) is 0 Å². The number of furan rings is 1. The van der Waals surface area contributed by atoms with Crippen LogP contribution in [0.2, 0.25) is 0 Å². The molecule has 56 heavy (non-hydrogen) atoms. The second kappa shape index (κ2) is 13.0. The summed E-state index contributed by atoms with van der Waals surface area (Å²) in [6.07, 6.45) is 0. The van der Waals surface area contributed by atoms with E-state index in [2.05, 4.69) is 24.9 Å². The predicted molar refractivity (Wildman–Crippen MR) is 224 cm³/mol. The van der Waals surface area contributed by atoms with Crippen LogP contribution in [0.1, 0.15) is 41.1 Å². The topological polar surface area (TPSA) is 82.5 Å². The normalized spacial score (nSPS) is 19.1. The molecule has 4 aromatic heterocycles. The molecule has 0 aliphatic rings. The molecule has 0 radical (unpaired) electrons. The number of nitrogens with zero attached hydrogens (tertiary/aromatic N) is 6. The Morgan fingerprint density at radius 1 is 0.393 bits per heavy atom. The van der Waals surface area contributed by atoms with Gasteiger partial charge in [-0.3, -0.25) is 4.57 Å². The minimum atomic E-state index is -1.06. The number of para-hydroxylation sites is 1. The zero-order valence-corrected chi connectivity index (χ0v) is 27.6. The molecule has 0 amide bonds. The standard InChI is InChI=1S/C49H30N6O/c1-5-15-31(16-6-1)32-25-27-36(28-26-32)48-52-47(35-21-11-4-12-22-35)53-49(54-48)55-40-24-14-13-23-37(40)38-29-39-42(30-41(38)55)56-45-43(33-17-7-2-8-18-33)50-46(51-44(39)45)34-19-9-3-10-20-34/h1-30H/i1D,2D,3D,4D,5D,6D,7D,8D,9D,10D,11D,12D,13D,14D,15D,16D,17D,18D,19D,20D,21D,22D,23D,24D,25D,26D,27D,28D,29D,30D. The van der Waals surface area contributed by atoms with Crippen LogP contribution < -0.4 is 0 Å².